The average molecular weight is 438 g/mol. The Kier molecular flexibility index (Phi) is 6.44. The largest absolute Gasteiger partial charge is 0.497 e. The lowest BCUT2D eigenvalue weighted by atomic mass is 10.1. The summed E-state index contributed by atoms with van der Waals surface area (Å²) < 4.78 is 17.9. The molecular weight excluding hydrogens is 412 g/mol. The molecule has 168 valence electrons. The summed E-state index contributed by atoms with van der Waals surface area (Å²) in [4.78, 5) is 27.5. The number of hydrogen-bond acceptors (Lipinski definition) is 6. The number of rotatable bonds is 7. The quantitative estimate of drug-likeness (QED) is 0.606. The molecule has 1 saturated heterocycles. The van der Waals surface area contributed by atoms with Crippen molar-refractivity contribution in [2.45, 2.75) is 25.9 Å². The van der Waals surface area contributed by atoms with E-state index in [0.717, 1.165) is 25.0 Å². The maximum absolute atomic E-state index is 13.0. The monoisotopic (exact) mass is 438 g/mol. The molecule has 3 heterocycles. The van der Waals surface area contributed by atoms with Crippen LogP contribution in [0.5, 0.6) is 11.5 Å². The van der Waals surface area contributed by atoms with Crippen LogP contribution < -0.4 is 14.8 Å². The smallest absolute Gasteiger partial charge is 0.291 e. The predicted molar refractivity (Wildman–Crippen MR) is 117 cm³/mol. The number of aryl methyl sites for hydroxylation is 1. The number of nitrogens with zero attached hydrogens (tertiary/aromatic N) is 3. The molecule has 1 aromatic carbocycles. The van der Waals surface area contributed by atoms with Crippen LogP contribution in [-0.2, 0) is 13.7 Å². The lowest BCUT2D eigenvalue weighted by molar-refractivity contribution is 0.0714. The summed E-state index contributed by atoms with van der Waals surface area (Å²) in [7, 11) is 3.29. The van der Waals surface area contributed by atoms with Crippen LogP contribution in [-0.4, -0.2) is 46.7 Å². The Morgan fingerprint density at radius 3 is 2.50 bits per heavy atom. The number of piperidine rings is 1. The van der Waals surface area contributed by atoms with Crippen LogP contribution in [0.3, 0.4) is 0 Å². The molecule has 9 heteroatoms. The van der Waals surface area contributed by atoms with Crippen molar-refractivity contribution in [2.24, 2.45) is 7.05 Å². The third kappa shape index (κ3) is 4.77. The Morgan fingerprint density at radius 2 is 1.78 bits per heavy atom. The van der Waals surface area contributed by atoms with E-state index >= 15 is 0 Å². The van der Waals surface area contributed by atoms with Gasteiger partial charge < -0.3 is 24.1 Å². The summed E-state index contributed by atoms with van der Waals surface area (Å²) in [5.41, 5.74) is 0.718. The molecule has 0 aliphatic carbocycles. The van der Waals surface area contributed by atoms with Gasteiger partial charge in [0.2, 0.25) is 0 Å². The van der Waals surface area contributed by atoms with Crippen molar-refractivity contribution in [1.29, 1.82) is 0 Å². The van der Waals surface area contributed by atoms with E-state index in [2.05, 4.69) is 10.4 Å². The molecule has 1 fully saturated rings. The first-order valence-corrected chi connectivity index (χ1v) is 10.5. The highest BCUT2D eigenvalue weighted by atomic mass is 16.5. The van der Waals surface area contributed by atoms with E-state index in [4.69, 9.17) is 13.9 Å². The second-order valence-electron chi connectivity index (χ2n) is 7.57. The van der Waals surface area contributed by atoms with Gasteiger partial charge in [-0.15, -0.1) is 0 Å². The van der Waals surface area contributed by atoms with Crippen molar-refractivity contribution in [3.63, 3.8) is 0 Å². The molecule has 3 aromatic rings. The van der Waals surface area contributed by atoms with E-state index < -0.39 is 5.91 Å². The Labute approximate surface area is 185 Å². The highest BCUT2D eigenvalue weighted by Gasteiger charge is 2.25. The average Bonchev–Trinajstić information content (AvgIpc) is 3.45. The minimum absolute atomic E-state index is 0.124. The summed E-state index contributed by atoms with van der Waals surface area (Å²) in [5.74, 6) is 1.43. The highest BCUT2D eigenvalue weighted by molar-refractivity contribution is 6.07. The van der Waals surface area contributed by atoms with Crippen LogP contribution in [0.1, 0.15) is 46.1 Å². The molecule has 1 aliphatic rings. The van der Waals surface area contributed by atoms with E-state index in [1.807, 2.05) is 0 Å². The number of methoxy groups -OCH3 is 1. The van der Waals surface area contributed by atoms with Gasteiger partial charge in [-0.1, -0.05) is 0 Å². The Hall–Kier alpha value is -3.75. The van der Waals surface area contributed by atoms with Crippen molar-refractivity contribution in [3.05, 3.63) is 59.8 Å². The van der Waals surface area contributed by atoms with Gasteiger partial charge in [-0.2, -0.15) is 5.10 Å². The van der Waals surface area contributed by atoms with Crippen LogP contribution in [0.2, 0.25) is 0 Å². The molecule has 0 saturated carbocycles. The van der Waals surface area contributed by atoms with Crippen LogP contribution in [0.4, 0.5) is 5.69 Å². The molecule has 2 aromatic heterocycles. The second kappa shape index (κ2) is 9.59. The first kappa shape index (κ1) is 21.5. The van der Waals surface area contributed by atoms with Gasteiger partial charge in [-0.3, -0.25) is 14.3 Å². The number of hydrogen-bond donors (Lipinski definition) is 1. The normalized spacial score (nSPS) is 13.6. The topological polar surface area (TPSA) is 98.8 Å². The first-order chi connectivity index (χ1) is 15.5. The number of aromatic nitrogens is 2. The fraction of sp³-hybridized carbons (Fsp3) is 0.348. The van der Waals surface area contributed by atoms with Crippen molar-refractivity contribution < 1.29 is 23.5 Å². The molecular formula is C23H26N4O5. The van der Waals surface area contributed by atoms with Crippen LogP contribution >= 0.6 is 0 Å². The fourth-order valence-electron chi connectivity index (χ4n) is 3.62. The van der Waals surface area contributed by atoms with E-state index in [-0.39, 0.29) is 18.3 Å². The van der Waals surface area contributed by atoms with Crippen LogP contribution in [0.25, 0.3) is 0 Å². The van der Waals surface area contributed by atoms with Gasteiger partial charge in [0.25, 0.3) is 11.8 Å². The van der Waals surface area contributed by atoms with Gasteiger partial charge in [0.1, 0.15) is 29.6 Å². The molecule has 0 bridgehead atoms. The highest BCUT2D eigenvalue weighted by Crippen LogP contribution is 2.22. The molecule has 0 spiro atoms. The third-order valence-corrected chi connectivity index (χ3v) is 5.36. The third-order valence-electron chi connectivity index (χ3n) is 5.36. The van der Waals surface area contributed by atoms with E-state index in [9.17, 15) is 9.59 Å². The number of anilines is 1. The van der Waals surface area contributed by atoms with Gasteiger partial charge in [0, 0.05) is 20.1 Å². The zero-order valence-corrected chi connectivity index (χ0v) is 18.2. The van der Waals surface area contributed by atoms with Gasteiger partial charge in [-0.05, 0) is 55.7 Å². The zero-order chi connectivity index (χ0) is 22.5. The predicted octanol–water partition coefficient (Wildman–Crippen LogP) is 3.48. The van der Waals surface area contributed by atoms with E-state index in [1.165, 1.54) is 10.9 Å². The summed E-state index contributed by atoms with van der Waals surface area (Å²) in [5, 5.41) is 6.90. The maximum Gasteiger partial charge on any atom is 0.291 e. The number of nitrogens with one attached hydrogen (secondary N) is 1. The molecule has 2 amide bonds. The minimum atomic E-state index is -0.457. The standard InChI is InChI=1S/C23H26N4O5/c1-26-21(23(29)27-12-4-3-5-13-27)19(14-24-26)25-22(28)20-11-10-18(32-20)15-31-17-8-6-16(30-2)7-9-17/h6-11,14H,3-5,12-13,15H2,1-2H3,(H,25,28). The number of amides is 2. The number of furan rings is 1. The van der Waals surface area contributed by atoms with Crippen molar-refractivity contribution in [1.82, 2.24) is 14.7 Å². The van der Waals surface area contributed by atoms with Crippen molar-refractivity contribution >= 4 is 17.5 Å². The molecule has 1 aliphatic heterocycles. The number of ether oxygens (including phenoxy) is 2. The molecule has 1 N–H and O–H groups in total. The minimum Gasteiger partial charge on any atom is -0.497 e. The van der Waals surface area contributed by atoms with Crippen LogP contribution in [0.15, 0.2) is 47.0 Å². The van der Waals surface area contributed by atoms with Gasteiger partial charge in [0.05, 0.1) is 19.0 Å². The van der Waals surface area contributed by atoms with E-state index in [1.54, 1.807) is 55.5 Å². The lowest BCUT2D eigenvalue weighted by Crippen LogP contribution is -2.37. The van der Waals surface area contributed by atoms with Crippen molar-refractivity contribution in [2.75, 3.05) is 25.5 Å². The Morgan fingerprint density at radius 1 is 1.06 bits per heavy atom. The maximum atomic E-state index is 13.0. The number of likely N-dealkylation sites (tertiary alicyclic amines) is 1. The van der Waals surface area contributed by atoms with Gasteiger partial charge in [0.15, 0.2) is 5.76 Å². The molecule has 9 nitrogen and oxygen atoms in total. The first-order valence-electron chi connectivity index (χ1n) is 10.5. The lowest BCUT2D eigenvalue weighted by Gasteiger charge is -2.27. The molecule has 0 unspecified atom stereocenters. The summed E-state index contributed by atoms with van der Waals surface area (Å²) in [6, 6.07) is 10.4. The van der Waals surface area contributed by atoms with Gasteiger partial charge >= 0.3 is 0 Å². The summed E-state index contributed by atoms with van der Waals surface area (Å²) >= 11 is 0. The van der Waals surface area contributed by atoms with E-state index in [0.29, 0.717) is 36.0 Å². The SMILES string of the molecule is COc1ccc(OCc2ccc(C(=O)Nc3cnn(C)c3C(=O)N3CCCCC3)o2)cc1. The summed E-state index contributed by atoms with van der Waals surface area (Å²) in [6.45, 7) is 1.60. The Bertz CT molecular complexity index is 1080. The van der Waals surface area contributed by atoms with Gasteiger partial charge in [-0.25, -0.2) is 0 Å². The number of carbonyl (C=O) groups is 2. The molecule has 4 rings (SSSR count). The number of carbonyl (C=O) groups excluding carboxylic acids is 2. The fourth-order valence-corrected chi connectivity index (χ4v) is 3.62. The Balaban J connectivity index is 1.39. The van der Waals surface area contributed by atoms with Crippen molar-refractivity contribution in [3.8, 4) is 11.5 Å². The van der Waals surface area contributed by atoms with Crippen LogP contribution in [0, 0.1) is 0 Å². The zero-order valence-electron chi connectivity index (χ0n) is 18.2. The second-order valence-corrected chi connectivity index (χ2v) is 7.57. The molecule has 32 heavy (non-hydrogen) atoms. The molecule has 0 atom stereocenters. The summed E-state index contributed by atoms with van der Waals surface area (Å²) in [6.07, 6.45) is 4.57. The molecule has 0 radical (unpaired) electrons. The number of benzene rings is 1.